The van der Waals surface area contributed by atoms with Gasteiger partial charge in [0.2, 0.25) is 0 Å². The highest BCUT2D eigenvalue weighted by molar-refractivity contribution is 7.92. The van der Waals surface area contributed by atoms with Gasteiger partial charge in [-0.05, 0) is 25.0 Å². The van der Waals surface area contributed by atoms with Gasteiger partial charge in [-0.2, -0.15) is 5.26 Å². The molecule has 0 aliphatic carbocycles. The topological polar surface area (TPSA) is 61.2 Å². The molecule has 0 amide bonds. The molecule has 1 fully saturated rings. The molecule has 0 unspecified atom stereocenters. The van der Waals surface area contributed by atoms with E-state index >= 15 is 0 Å². The largest absolute Gasteiger partial charge is 0.368 e. The Balaban J connectivity index is 2.46. The molecular formula is C15H19FN2O2S. The molecule has 1 aliphatic heterocycles. The molecule has 4 nitrogen and oxygen atoms in total. The SMILES string of the molecule is CCC1(CC)CN(c2cccc(F)c2C#N)CCS1(=O)=O. The monoisotopic (exact) mass is 310 g/mol. The number of hydrogen-bond donors (Lipinski definition) is 0. The van der Waals surface area contributed by atoms with Crippen LogP contribution in [-0.2, 0) is 9.84 Å². The highest BCUT2D eigenvalue weighted by Crippen LogP contribution is 2.35. The lowest BCUT2D eigenvalue weighted by Crippen LogP contribution is -2.56. The summed E-state index contributed by atoms with van der Waals surface area (Å²) in [4.78, 5) is 1.83. The number of benzene rings is 1. The van der Waals surface area contributed by atoms with E-state index < -0.39 is 20.4 Å². The Hall–Kier alpha value is -1.61. The van der Waals surface area contributed by atoms with Crippen LogP contribution < -0.4 is 4.90 Å². The zero-order valence-corrected chi connectivity index (χ0v) is 13.1. The van der Waals surface area contributed by atoms with Crippen LogP contribution in [0.25, 0.3) is 0 Å². The van der Waals surface area contributed by atoms with Crippen molar-refractivity contribution in [2.24, 2.45) is 0 Å². The fraction of sp³-hybridized carbons (Fsp3) is 0.533. The summed E-state index contributed by atoms with van der Waals surface area (Å²) in [5.74, 6) is -0.530. The number of nitriles is 1. The average molecular weight is 310 g/mol. The van der Waals surface area contributed by atoms with Gasteiger partial charge in [0.1, 0.15) is 17.4 Å². The fourth-order valence-corrected chi connectivity index (χ4v) is 5.10. The Morgan fingerprint density at radius 2 is 2.05 bits per heavy atom. The van der Waals surface area contributed by atoms with Crippen molar-refractivity contribution in [3.63, 3.8) is 0 Å². The standard InChI is InChI=1S/C15H19FN2O2S/c1-3-15(4-2)11-18(8-9-21(15,19)20)14-7-5-6-13(16)12(14)10-17/h5-7H,3-4,8-9,11H2,1-2H3. The molecule has 21 heavy (non-hydrogen) atoms. The zero-order valence-electron chi connectivity index (χ0n) is 12.3. The quantitative estimate of drug-likeness (QED) is 0.860. The van der Waals surface area contributed by atoms with Crippen LogP contribution in [-0.4, -0.2) is 32.0 Å². The van der Waals surface area contributed by atoms with Gasteiger partial charge < -0.3 is 4.90 Å². The van der Waals surface area contributed by atoms with E-state index in [2.05, 4.69) is 0 Å². The Kier molecular flexibility index (Phi) is 4.24. The van der Waals surface area contributed by atoms with Gasteiger partial charge in [-0.1, -0.05) is 19.9 Å². The summed E-state index contributed by atoms with van der Waals surface area (Å²) in [5, 5.41) is 9.14. The first-order valence-electron chi connectivity index (χ1n) is 7.06. The normalized spacial score (nSPS) is 20.0. The fourth-order valence-electron chi connectivity index (χ4n) is 2.98. The van der Waals surface area contributed by atoms with Crippen LogP contribution in [0.4, 0.5) is 10.1 Å². The Labute approximate surface area is 125 Å². The summed E-state index contributed by atoms with van der Waals surface area (Å²) in [6.07, 6.45) is 1.03. The predicted octanol–water partition coefficient (Wildman–Crippen LogP) is 2.49. The third-order valence-electron chi connectivity index (χ3n) is 4.50. The van der Waals surface area contributed by atoms with Crippen molar-refractivity contribution in [3.8, 4) is 6.07 Å². The minimum absolute atomic E-state index is 0.0158. The molecule has 6 heteroatoms. The zero-order chi connectivity index (χ0) is 15.7. The molecule has 0 spiro atoms. The first-order valence-corrected chi connectivity index (χ1v) is 8.72. The molecule has 114 valence electrons. The second kappa shape index (κ2) is 5.64. The summed E-state index contributed by atoms with van der Waals surface area (Å²) < 4.78 is 37.7. The molecule has 0 aromatic heterocycles. The Morgan fingerprint density at radius 3 is 2.62 bits per heavy atom. The number of nitrogens with zero attached hydrogens (tertiary/aromatic N) is 2. The molecule has 1 aromatic rings. The second-order valence-electron chi connectivity index (χ2n) is 5.38. The molecule has 0 radical (unpaired) electrons. The molecule has 0 bridgehead atoms. The molecule has 0 atom stereocenters. The van der Waals surface area contributed by atoms with E-state index in [1.807, 2.05) is 24.8 Å². The third-order valence-corrected chi connectivity index (χ3v) is 7.25. The summed E-state index contributed by atoms with van der Waals surface area (Å²) in [6.45, 7) is 4.32. The smallest absolute Gasteiger partial charge is 0.159 e. The maximum atomic E-state index is 13.7. The van der Waals surface area contributed by atoms with Gasteiger partial charge >= 0.3 is 0 Å². The van der Waals surface area contributed by atoms with Crippen LogP contribution in [0.15, 0.2) is 18.2 Å². The second-order valence-corrected chi connectivity index (χ2v) is 7.88. The van der Waals surface area contributed by atoms with Crippen LogP contribution in [0, 0.1) is 17.1 Å². The van der Waals surface area contributed by atoms with Gasteiger partial charge in [0.15, 0.2) is 9.84 Å². The van der Waals surface area contributed by atoms with Crippen molar-refractivity contribution in [1.82, 2.24) is 0 Å². The highest BCUT2D eigenvalue weighted by Gasteiger charge is 2.45. The maximum absolute atomic E-state index is 13.7. The minimum atomic E-state index is -3.17. The first-order chi connectivity index (χ1) is 9.90. The molecule has 0 N–H and O–H groups in total. The average Bonchev–Trinajstić information content (AvgIpc) is 2.47. The van der Waals surface area contributed by atoms with Crippen molar-refractivity contribution < 1.29 is 12.8 Å². The van der Waals surface area contributed by atoms with Gasteiger partial charge in [-0.3, -0.25) is 0 Å². The van der Waals surface area contributed by atoms with E-state index in [1.54, 1.807) is 12.1 Å². The van der Waals surface area contributed by atoms with Gasteiger partial charge in [0.05, 0.1) is 16.2 Å². The van der Waals surface area contributed by atoms with Crippen molar-refractivity contribution >= 4 is 15.5 Å². The lowest BCUT2D eigenvalue weighted by Gasteiger charge is -2.42. The molecule has 2 rings (SSSR count). The predicted molar refractivity (Wildman–Crippen MR) is 80.4 cm³/mol. The maximum Gasteiger partial charge on any atom is 0.159 e. The molecule has 1 aromatic carbocycles. The van der Waals surface area contributed by atoms with Gasteiger partial charge in [-0.15, -0.1) is 0 Å². The van der Waals surface area contributed by atoms with Crippen molar-refractivity contribution in [2.45, 2.75) is 31.4 Å². The van der Waals surface area contributed by atoms with Crippen molar-refractivity contribution in [3.05, 3.63) is 29.6 Å². The lowest BCUT2D eigenvalue weighted by molar-refractivity contribution is 0.458. The summed E-state index contributed by atoms with van der Waals surface area (Å²) in [6, 6.07) is 6.35. The molecule has 0 saturated carbocycles. The van der Waals surface area contributed by atoms with E-state index in [0.29, 0.717) is 31.6 Å². The van der Waals surface area contributed by atoms with E-state index in [1.165, 1.54) is 6.07 Å². The van der Waals surface area contributed by atoms with Gasteiger partial charge in [0, 0.05) is 13.1 Å². The van der Waals surface area contributed by atoms with E-state index in [-0.39, 0.29) is 11.3 Å². The van der Waals surface area contributed by atoms with E-state index in [9.17, 15) is 12.8 Å². The van der Waals surface area contributed by atoms with Crippen molar-refractivity contribution in [2.75, 3.05) is 23.7 Å². The molecule has 1 saturated heterocycles. The van der Waals surface area contributed by atoms with Gasteiger partial charge in [0.25, 0.3) is 0 Å². The van der Waals surface area contributed by atoms with Crippen LogP contribution in [0.3, 0.4) is 0 Å². The summed E-state index contributed by atoms with van der Waals surface area (Å²) in [7, 11) is -3.17. The van der Waals surface area contributed by atoms with Crippen LogP contribution in [0.1, 0.15) is 32.3 Å². The van der Waals surface area contributed by atoms with E-state index in [0.717, 1.165) is 0 Å². The van der Waals surface area contributed by atoms with Gasteiger partial charge in [-0.25, -0.2) is 12.8 Å². The molecular weight excluding hydrogens is 291 g/mol. The number of hydrogen-bond acceptors (Lipinski definition) is 4. The Morgan fingerprint density at radius 1 is 1.38 bits per heavy atom. The van der Waals surface area contributed by atoms with Crippen LogP contribution in [0.2, 0.25) is 0 Å². The van der Waals surface area contributed by atoms with Crippen LogP contribution >= 0.6 is 0 Å². The minimum Gasteiger partial charge on any atom is -0.368 e. The number of rotatable bonds is 3. The van der Waals surface area contributed by atoms with E-state index in [4.69, 9.17) is 5.26 Å². The molecule has 1 aliphatic rings. The lowest BCUT2D eigenvalue weighted by atomic mass is 10.00. The van der Waals surface area contributed by atoms with Crippen molar-refractivity contribution in [1.29, 1.82) is 5.26 Å². The molecule has 1 heterocycles. The summed E-state index contributed by atoms with van der Waals surface area (Å²) in [5.41, 5.74) is 0.469. The highest BCUT2D eigenvalue weighted by atomic mass is 32.2. The number of halogens is 1. The summed E-state index contributed by atoms with van der Waals surface area (Å²) >= 11 is 0. The van der Waals surface area contributed by atoms with Crippen LogP contribution in [0.5, 0.6) is 0 Å². The first kappa shape index (κ1) is 15.8. The third kappa shape index (κ3) is 2.51. The number of anilines is 1. The Bertz CT molecular complexity index is 675. The number of sulfone groups is 1.